The molecule has 38 heavy (non-hydrogen) atoms. The van der Waals surface area contributed by atoms with E-state index < -0.39 is 6.09 Å². The number of amides is 2. The summed E-state index contributed by atoms with van der Waals surface area (Å²) in [7, 11) is 0.944. The fraction of sp³-hybridized carbons (Fsp3) is 0.679. The van der Waals surface area contributed by atoms with E-state index in [1.807, 2.05) is 11.1 Å². The molecule has 0 bridgehead atoms. The van der Waals surface area contributed by atoms with Crippen LogP contribution in [0.4, 0.5) is 4.79 Å². The Labute approximate surface area is 227 Å². The second-order valence-corrected chi connectivity index (χ2v) is 12.2. The van der Waals surface area contributed by atoms with E-state index in [1.54, 1.807) is 0 Å². The summed E-state index contributed by atoms with van der Waals surface area (Å²) in [5, 5.41) is -0.221. The quantitative estimate of drug-likeness (QED) is 0.493. The average molecular weight is 529 g/mol. The summed E-state index contributed by atoms with van der Waals surface area (Å²) < 4.78 is 16.6. The molecule has 3 heterocycles. The normalized spacial score (nSPS) is 26.0. The molecule has 0 aromatic carbocycles. The van der Waals surface area contributed by atoms with E-state index in [1.165, 1.54) is 7.11 Å². The van der Waals surface area contributed by atoms with Crippen molar-refractivity contribution < 1.29 is 23.6 Å². The number of rotatable bonds is 5. The topological polar surface area (TPSA) is 120 Å². The number of H-pyrrole nitrogens is 1. The van der Waals surface area contributed by atoms with Gasteiger partial charge in [-0.25, -0.2) is 9.78 Å². The maximum Gasteiger partial charge on any atom is 0.468 e. The molecule has 1 aromatic rings. The lowest BCUT2D eigenvalue weighted by atomic mass is 9.55. The summed E-state index contributed by atoms with van der Waals surface area (Å²) in [5.74, 6) is 1.50. The monoisotopic (exact) mass is 528 g/mol. The molecule has 2 atom stereocenters. The number of piperidine rings is 1. The largest absolute Gasteiger partial charge is 0.468 e. The van der Waals surface area contributed by atoms with E-state index in [9.17, 15) is 9.59 Å². The van der Waals surface area contributed by atoms with E-state index in [0.29, 0.717) is 12.3 Å². The van der Waals surface area contributed by atoms with Gasteiger partial charge in [-0.05, 0) is 64.9 Å². The summed E-state index contributed by atoms with van der Waals surface area (Å²) in [4.78, 5) is 32.5. The van der Waals surface area contributed by atoms with Crippen LogP contribution in [0, 0.1) is 5.92 Å². The van der Waals surface area contributed by atoms with Crippen LogP contribution in [0.5, 0.6) is 0 Å². The Kier molecular flexibility index (Phi) is 9.19. The van der Waals surface area contributed by atoms with Crippen LogP contribution in [0.3, 0.4) is 0 Å². The third-order valence-electron chi connectivity index (χ3n) is 8.03. The van der Waals surface area contributed by atoms with Crippen molar-refractivity contribution in [1.82, 2.24) is 14.9 Å². The highest BCUT2D eigenvalue weighted by Crippen LogP contribution is 2.49. The number of ether oxygens (including phenoxy) is 1. The van der Waals surface area contributed by atoms with Crippen LogP contribution in [-0.4, -0.2) is 58.8 Å². The second-order valence-electron chi connectivity index (χ2n) is 12.2. The van der Waals surface area contributed by atoms with Gasteiger partial charge in [0.05, 0.1) is 36.2 Å². The maximum absolute atomic E-state index is 12.8. The molecule has 3 N–H and O–H groups in total. The summed E-state index contributed by atoms with van der Waals surface area (Å²) >= 11 is 0. The molecule has 2 saturated heterocycles. The standard InChI is InChI=1S/C26H40BN3O3.C2H5NO2/c1-18(2)16-22(31)30-15-9-8-10-21(30)23-28-17-20(29-23)19-11-13-26(7,14-12-19)27-32-24(3,4)25(5,6)33-27;1-5-2(3)4/h11-13,17-18,21H,8-10,14-16H2,1-7H3,(H,28,29);1H3,(H2,3,4). The van der Waals surface area contributed by atoms with Crippen molar-refractivity contribution in [3.63, 3.8) is 0 Å². The molecule has 9 nitrogen and oxygen atoms in total. The molecule has 1 aliphatic carbocycles. The molecule has 10 heteroatoms. The molecule has 2 amide bonds. The predicted octanol–water partition coefficient (Wildman–Crippen LogP) is 5.42. The molecule has 0 saturated carbocycles. The lowest BCUT2D eigenvalue weighted by Crippen LogP contribution is -2.41. The van der Waals surface area contributed by atoms with Crippen LogP contribution in [-0.2, 0) is 18.8 Å². The van der Waals surface area contributed by atoms with Gasteiger partial charge in [0, 0.05) is 18.3 Å². The van der Waals surface area contributed by atoms with Crippen molar-refractivity contribution >= 4 is 24.7 Å². The molecule has 0 spiro atoms. The molecule has 210 valence electrons. The maximum atomic E-state index is 12.8. The number of hydrogen-bond donors (Lipinski definition) is 2. The molecule has 2 unspecified atom stereocenters. The zero-order valence-electron chi connectivity index (χ0n) is 24.3. The Balaban J connectivity index is 0.000000732. The minimum atomic E-state index is -0.745. The van der Waals surface area contributed by atoms with Gasteiger partial charge in [0.2, 0.25) is 5.91 Å². The molecule has 2 fully saturated rings. The van der Waals surface area contributed by atoms with Crippen LogP contribution in [0.25, 0.3) is 5.57 Å². The minimum Gasteiger partial charge on any atom is -0.453 e. The molecule has 3 aliphatic rings. The number of carbonyl (C=O) groups is 2. The zero-order chi connectivity index (χ0) is 28.3. The molecular weight excluding hydrogens is 483 g/mol. The van der Waals surface area contributed by atoms with Gasteiger partial charge in [0.1, 0.15) is 5.82 Å². The molecule has 4 rings (SSSR count). The number of likely N-dealkylation sites (tertiary alicyclic amines) is 1. The Morgan fingerprint density at radius 1 is 1.21 bits per heavy atom. The Morgan fingerprint density at radius 3 is 2.37 bits per heavy atom. The van der Waals surface area contributed by atoms with Gasteiger partial charge in [-0.3, -0.25) is 4.79 Å². The van der Waals surface area contributed by atoms with Crippen LogP contribution < -0.4 is 5.73 Å². The van der Waals surface area contributed by atoms with E-state index in [0.717, 1.165) is 49.3 Å². The predicted molar refractivity (Wildman–Crippen MR) is 149 cm³/mol. The lowest BCUT2D eigenvalue weighted by molar-refractivity contribution is -0.136. The first-order valence-electron chi connectivity index (χ1n) is 13.6. The number of imidazole rings is 1. The number of allylic oxidation sites excluding steroid dienone is 4. The van der Waals surface area contributed by atoms with E-state index in [2.05, 4.69) is 82.1 Å². The van der Waals surface area contributed by atoms with Gasteiger partial charge >= 0.3 is 13.2 Å². The van der Waals surface area contributed by atoms with Crippen molar-refractivity contribution in [2.24, 2.45) is 11.7 Å². The molecule has 1 aromatic heterocycles. The second kappa shape index (κ2) is 11.7. The fourth-order valence-electron chi connectivity index (χ4n) is 4.87. The third-order valence-corrected chi connectivity index (χ3v) is 8.03. The van der Waals surface area contributed by atoms with Crippen molar-refractivity contribution in [2.45, 2.75) is 103 Å². The SMILES string of the molecule is CC(C)CC(=O)N1CCCCC1c1ncc(C2=CCC(C)(B3OC(C)(C)C(C)(C)O3)C=C2)[nH]1.COC(N)=O. The molecular formula is C28H45BN4O5. The highest BCUT2D eigenvalue weighted by molar-refractivity contribution is 6.50. The number of hydrogen-bond acceptors (Lipinski definition) is 6. The first kappa shape index (κ1) is 30.0. The average Bonchev–Trinajstić information content (AvgIpc) is 3.42. The summed E-state index contributed by atoms with van der Waals surface area (Å²) in [6.45, 7) is 15.6. The number of carbonyl (C=O) groups excluding carboxylic acids is 2. The van der Waals surface area contributed by atoms with Crippen molar-refractivity contribution in [3.05, 3.63) is 35.9 Å². The van der Waals surface area contributed by atoms with Gasteiger partial charge in [0.15, 0.2) is 0 Å². The number of primary amides is 1. The third kappa shape index (κ3) is 6.70. The zero-order valence-corrected chi connectivity index (χ0v) is 24.3. The fourth-order valence-corrected chi connectivity index (χ4v) is 4.87. The van der Waals surface area contributed by atoms with Crippen molar-refractivity contribution in [3.8, 4) is 0 Å². The van der Waals surface area contributed by atoms with E-state index in [4.69, 9.17) is 14.3 Å². The Bertz CT molecular complexity index is 1050. The van der Waals surface area contributed by atoms with Crippen LogP contribution in [0.2, 0.25) is 5.31 Å². The minimum absolute atomic E-state index is 0.0435. The summed E-state index contributed by atoms with van der Waals surface area (Å²) in [6.07, 6.45) is 12.3. The van der Waals surface area contributed by atoms with Crippen LogP contribution in [0.1, 0.15) is 98.1 Å². The number of nitrogens with zero attached hydrogens (tertiary/aromatic N) is 2. The Morgan fingerprint density at radius 2 is 1.84 bits per heavy atom. The van der Waals surface area contributed by atoms with Crippen LogP contribution in [0.15, 0.2) is 24.4 Å². The highest BCUT2D eigenvalue weighted by atomic mass is 16.7. The smallest absolute Gasteiger partial charge is 0.453 e. The van der Waals surface area contributed by atoms with Gasteiger partial charge in [-0.1, -0.05) is 39.0 Å². The first-order valence-corrected chi connectivity index (χ1v) is 13.6. The van der Waals surface area contributed by atoms with Gasteiger partial charge < -0.3 is 29.7 Å². The number of methoxy groups -OCH3 is 1. The van der Waals surface area contributed by atoms with Crippen LogP contribution >= 0.6 is 0 Å². The molecule has 0 radical (unpaired) electrons. The highest BCUT2D eigenvalue weighted by Gasteiger charge is 2.57. The van der Waals surface area contributed by atoms with Gasteiger partial charge in [-0.15, -0.1) is 0 Å². The summed E-state index contributed by atoms with van der Waals surface area (Å²) in [5.41, 5.74) is 5.88. The van der Waals surface area contributed by atoms with E-state index in [-0.39, 0.29) is 35.6 Å². The molecule has 2 aliphatic heterocycles. The number of aromatic nitrogens is 2. The number of aromatic amines is 1. The van der Waals surface area contributed by atoms with Gasteiger partial charge in [-0.2, -0.15) is 0 Å². The lowest BCUT2D eigenvalue weighted by Gasteiger charge is -2.35. The summed E-state index contributed by atoms with van der Waals surface area (Å²) in [6, 6.07) is 0.0435. The number of nitrogens with one attached hydrogen (secondary N) is 1. The van der Waals surface area contributed by atoms with Crippen molar-refractivity contribution in [1.29, 1.82) is 0 Å². The number of nitrogens with two attached hydrogens (primary N) is 1. The van der Waals surface area contributed by atoms with Crippen molar-refractivity contribution in [2.75, 3.05) is 13.7 Å². The van der Waals surface area contributed by atoms with E-state index >= 15 is 0 Å². The first-order chi connectivity index (χ1) is 17.7. The Hall–Kier alpha value is -2.59. The van der Waals surface area contributed by atoms with Gasteiger partial charge in [0.25, 0.3) is 0 Å².